The minimum absolute atomic E-state index is 0.0547. The number of hydrogen-bond acceptors (Lipinski definition) is 5. The molecule has 1 aromatic rings. The summed E-state index contributed by atoms with van der Waals surface area (Å²) in [5.41, 5.74) is -0.684. The molecule has 0 fully saturated rings. The number of halogens is 2. The van der Waals surface area contributed by atoms with Crippen molar-refractivity contribution in [2.45, 2.75) is 30.8 Å². The fourth-order valence-electron chi connectivity index (χ4n) is 1.40. The first kappa shape index (κ1) is 17.9. The van der Waals surface area contributed by atoms with Gasteiger partial charge in [0.25, 0.3) is 9.05 Å². The van der Waals surface area contributed by atoms with Crippen molar-refractivity contribution in [1.82, 2.24) is 0 Å². The zero-order valence-electron chi connectivity index (χ0n) is 11.9. The zero-order valence-corrected chi connectivity index (χ0v) is 13.4. The first-order valence-corrected chi connectivity index (χ1v) is 8.33. The van der Waals surface area contributed by atoms with E-state index in [1.165, 1.54) is 7.11 Å². The van der Waals surface area contributed by atoms with Crippen LogP contribution in [0.1, 0.15) is 30.6 Å². The van der Waals surface area contributed by atoms with Crippen molar-refractivity contribution >= 4 is 25.7 Å². The maximum absolute atomic E-state index is 13.3. The molecule has 5 nitrogen and oxygen atoms in total. The molecule has 0 aliphatic carbocycles. The molecule has 0 saturated carbocycles. The van der Waals surface area contributed by atoms with E-state index >= 15 is 0 Å². The van der Waals surface area contributed by atoms with Crippen LogP contribution in [0.5, 0.6) is 0 Å². The second-order valence-corrected chi connectivity index (χ2v) is 7.53. The van der Waals surface area contributed by atoms with Gasteiger partial charge in [-0.1, -0.05) is 0 Å². The van der Waals surface area contributed by atoms with E-state index in [0.29, 0.717) is 6.42 Å². The van der Waals surface area contributed by atoms with Crippen LogP contribution < -0.4 is 0 Å². The quantitative estimate of drug-likeness (QED) is 0.589. The first-order chi connectivity index (χ1) is 9.55. The lowest BCUT2D eigenvalue weighted by atomic mass is 10.1. The van der Waals surface area contributed by atoms with Gasteiger partial charge in [-0.05, 0) is 32.0 Å². The molecule has 0 aliphatic rings. The summed E-state index contributed by atoms with van der Waals surface area (Å²) in [7, 11) is 2.54. The molecule has 0 spiro atoms. The highest BCUT2D eigenvalue weighted by Gasteiger charge is 2.19. The second kappa shape index (κ2) is 6.72. The molecule has 0 aromatic heterocycles. The molecule has 0 N–H and O–H groups in total. The van der Waals surface area contributed by atoms with Crippen LogP contribution in [0.3, 0.4) is 0 Å². The highest BCUT2D eigenvalue weighted by Crippen LogP contribution is 2.19. The van der Waals surface area contributed by atoms with Crippen molar-refractivity contribution in [3.05, 3.63) is 29.6 Å². The molecule has 0 unspecified atom stereocenters. The third kappa shape index (κ3) is 5.61. The Morgan fingerprint density at radius 1 is 1.33 bits per heavy atom. The van der Waals surface area contributed by atoms with Crippen LogP contribution in [0.15, 0.2) is 23.1 Å². The Kier molecular flexibility index (Phi) is 5.72. The molecule has 0 saturated heterocycles. The van der Waals surface area contributed by atoms with Gasteiger partial charge in [0, 0.05) is 24.2 Å². The van der Waals surface area contributed by atoms with E-state index in [9.17, 15) is 17.6 Å². The SMILES string of the molecule is COC(C)(C)CCOC(=O)c1cc(F)cc(S(=O)(=O)Cl)c1. The highest BCUT2D eigenvalue weighted by molar-refractivity contribution is 8.13. The van der Waals surface area contributed by atoms with E-state index in [2.05, 4.69) is 0 Å². The number of ether oxygens (including phenoxy) is 2. The normalized spacial score (nSPS) is 12.2. The van der Waals surface area contributed by atoms with Gasteiger partial charge in [0.2, 0.25) is 0 Å². The van der Waals surface area contributed by atoms with Crippen LogP contribution in [0, 0.1) is 5.82 Å². The topological polar surface area (TPSA) is 69.7 Å². The van der Waals surface area contributed by atoms with Gasteiger partial charge in [0.05, 0.1) is 22.7 Å². The monoisotopic (exact) mass is 338 g/mol. The number of esters is 1. The molecule has 0 atom stereocenters. The van der Waals surface area contributed by atoms with Gasteiger partial charge in [0.1, 0.15) is 5.82 Å². The minimum Gasteiger partial charge on any atom is -0.462 e. The molecule has 0 radical (unpaired) electrons. The van der Waals surface area contributed by atoms with Gasteiger partial charge in [-0.3, -0.25) is 0 Å². The van der Waals surface area contributed by atoms with Crippen molar-refractivity contribution in [3.63, 3.8) is 0 Å². The Morgan fingerprint density at radius 2 is 1.95 bits per heavy atom. The lowest BCUT2D eigenvalue weighted by Crippen LogP contribution is -2.25. The number of benzene rings is 1. The maximum Gasteiger partial charge on any atom is 0.338 e. The Bertz CT molecular complexity index is 627. The second-order valence-electron chi connectivity index (χ2n) is 4.96. The standard InChI is InChI=1S/C13H16ClFO5S/c1-13(2,19-3)4-5-20-12(16)9-6-10(15)8-11(7-9)21(14,17)18/h6-8H,4-5H2,1-3H3. The van der Waals surface area contributed by atoms with Crippen molar-refractivity contribution in [1.29, 1.82) is 0 Å². The smallest absolute Gasteiger partial charge is 0.338 e. The Labute approximate surface area is 127 Å². The van der Waals surface area contributed by atoms with Gasteiger partial charge in [-0.25, -0.2) is 17.6 Å². The molecule has 1 aromatic carbocycles. The Morgan fingerprint density at radius 3 is 2.48 bits per heavy atom. The van der Waals surface area contributed by atoms with Crippen molar-refractivity contribution in [3.8, 4) is 0 Å². The summed E-state index contributed by atoms with van der Waals surface area (Å²) in [6.45, 7) is 3.70. The molecular formula is C13H16ClFO5S. The van der Waals surface area contributed by atoms with Gasteiger partial charge in [-0.15, -0.1) is 0 Å². The van der Waals surface area contributed by atoms with Crippen LogP contribution in [-0.4, -0.2) is 33.7 Å². The van der Waals surface area contributed by atoms with Crippen LogP contribution in [0.25, 0.3) is 0 Å². The third-order valence-electron chi connectivity index (χ3n) is 2.88. The van der Waals surface area contributed by atoms with Gasteiger partial charge in [0.15, 0.2) is 0 Å². The van der Waals surface area contributed by atoms with Crippen LogP contribution in [0.2, 0.25) is 0 Å². The first-order valence-electron chi connectivity index (χ1n) is 6.03. The van der Waals surface area contributed by atoms with Crippen LogP contribution >= 0.6 is 10.7 Å². The third-order valence-corrected chi connectivity index (χ3v) is 4.21. The summed E-state index contributed by atoms with van der Waals surface area (Å²) in [5, 5.41) is 0. The fraction of sp³-hybridized carbons (Fsp3) is 0.462. The van der Waals surface area contributed by atoms with Crippen LogP contribution in [0.4, 0.5) is 4.39 Å². The number of methoxy groups -OCH3 is 1. The number of rotatable bonds is 6. The average molecular weight is 339 g/mol. The summed E-state index contributed by atoms with van der Waals surface area (Å²) in [6, 6.07) is 2.58. The van der Waals surface area contributed by atoms with E-state index in [1.807, 2.05) is 13.8 Å². The summed E-state index contributed by atoms with van der Waals surface area (Å²) in [4.78, 5) is 11.3. The molecule has 0 aliphatic heterocycles. The molecule has 0 heterocycles. The molecule has 21 heavy (non-hydrogen) atoms. The Hall–Kier alpha value is -1.18. The molecule has 0 bridgehead atoms. The molecule has 0 amide bonds. The minimum atomic E-state index is -4.12. The van der Waals surface area contributed by atoms with E-state index in [4.69, 9.17) is 20.2 Å². The average Bonchev–Trinajstić information content (AvgIpc) is 2.36. The van der Waals surface area contributed by atoms with Gasteiger partial charge >= 0.3 is 5.97 Å². The lowest BCUT2D eigenvalue weighted by Gasteiger charge is -2.22. The molecule has 8 heteroatoms. The molecule has 118 valence electrons. The van der Waals surface area contributed by atoms with E-state index < -0.39 is 31.3 Å². The van der Waals surface area contributed by atoms with Crippen molar-refractivity contribution < 1.29 is 27.1 Å². The summed E-state index contributed by atoms with van der Waals surface area (Å²) < 4.78 is 45.8. The highest BCUT2D eigenvalue weighted by atomic mass is 35.7. The predicted octanol–water partition coefficient (Wildman–Crippen LogP) is 2.73. The van der Waals surface area contributed by atoms with Crippen molar-refractivity contribution in [2.75, 3.05) is 13.7 Å². The van der Waals surface area contributed by atoms with Crippen molar-refractivity contribution in [2.24, 2.45) is 0 Å². The molecule has 1 rings (SSSR count). The Balaban J connectivity index is 2.82. The number of hydrogen-bond donors (Lipinski definition) is 0. The fourth-order valence-corrected chi connectivity index (χ4v) is 2.18. The van der Waals surface area contributed by atoms with E-state index in [-0.39, 0.29) is 12.2 Å². The number of carbonyl (C=O) groups excluding carboxylic acids is 1. The lowest BCUT2D eigenvalue weighted by molar-refractivity contribution is -0.00565. The molecular weight excluding hydrogens is 323 g/mol. The largest absolute Gasteiger partial charge is 0.462 e. The van der Waals surface area contributed by atoms with Gasteiger partial charge in [-0.2, -0.15) is 0 Å². The van der Waals surface area contributed by atoms with Gasteiger partial charge < -0.3 is 9.47 Å². The number of carbonyl (C=O) groups is 1. The van der Waals surface area contributed by atoms with E-state index in [1.54, 1.807) is 0 Å². The summed E-state index contributed by atoms with van der Waals surface area (Å²) in [6.07, 6.45) is 0.436. The zero-order chi connectivity index (χ0) is 16.3. The van der Waals surface area contributed by atoms with E-state index in [0.717, 1.165) is 18.2 Å². The summed E-state index contributed by atoms with van der Waals surface area (Å²) in [5.74, 6) is -1.72. The van der Waals surface area contributed by atoms with Crippen LogP contribution in [-0.2, 0) is 18.5 Å². The summed E-state index contributed by atoms with van der Waals surface area (Å²) >= 11 is 0. The maximum atomic E-state index is 13.3. The predicted molar refractivity (Wildman–Crippen MR) is 75.4 cm³/mol.